The van der Waals surface area contributed by atoms with Crippen molar-refractivity contribution in [2.24, 2.45) is 0 Å². The lowest BCUT2D eigenvalue weighted by Crippen LogP contribution is -2.36. The number of nitrogens with zero attached hydrogens (tertiary/aromatic N) is 2. The maximum Gasteiger partial charge on any atom is 0.263 e. The van der Waals surface area contributed by atoms with Gasteiger partial charge in [0.05, 0.1) is 17.3 Å². The minimum absolute atomic E-state index is 0.120. The number of fused-ring (bicyclic) bond motifs is 1. The third kappa shape index (κ3) is 5.05. The molecule has 0 aliphatic rings. The lowest BCUT2D eigenvalue weighted by atomic mass is 9.99. The minimum atomic E-state index is -0.172. The van der Waals surface area contributed by atoms with Gasteiger partial charge in [0.1, 0.15) is 0 Å². The van der Waals surface area contributed by atoms with Crippen LogP contribution in [0.4, 0.5) is 0 Å². The summed E-state index contributed by atoms with van der Waals surface area (Å²) in [5.41, 5.74) is 2.93. The Morgan fingerprint density at radius 3 is 2.06 bits per heavy atom. The zero-order valence-corrected chi connectivity index (χ0v) is 20.9. The van der Waals surface area contributed by atoms with Gasteiger partial charge in [-0.15, -0.1) is 0 Å². The summed E-state index contributed by atoms with van der Waals surface area (Å²) < 4.78 is 1.71. The van der Waals surface area contributed by atoms with Crippen LogP contribution in [-0.4, -0.2) is 28.5 Å². The highest BCUT2D eigenvalue weighted by molar-refractivity contribution is 6.08. The molecule has 0 aliphatic carbocycles. The third-order valence-corrected chi connectivity index (χ3v) is 6.63. The molecule has 0 fully saturated rings. The zero-order chi connectivity index (χ0) is 24.9. The van der Waals surface area contributed by atoms with E-state index in [0.717, 1.165) is 17.7 Å². The van der Waals surface area contributed by atoms with Crippen LogP contribution in [0.15, 0.2) is 89.7 Å². The summed E-state index contributed by atoms with van der Waals surface area (Å²) >= 11 is 0. The number of amides is 1. The summed E-state index contributed by atoms with van der Waals surface area (Å²) in [5, 5.41) is 4.47. The Labute approximate surface area is 207 Å². The Morgan fingerprint density at radius 1 is 0.886 bits per heavy atom. The Bertz CT molecular complexity index is 1360. The van der Waals surface area contributed by atoms with Crippen LogP contribution < -0.4 is 10.9 Å². The van der Waals surface area contributed by atoms with E-state index in [4.69, 9.17) is 0 Å². The lowest BCUT2D eigenvalue weighted by Gasteiger charge is -2.27. The van der Waals surface area contributed by atoms with Crippen LogP contribution in [0, 0.1) is 0 Å². The van der Waals surface area contributed by atoms with Gasteiger partial charge in [-0.3, -0.25) is 19.1 Å². The van der Waals surface area contributed by atoms with E-state index in [0.29, 0.717) is 28.6 Å². The van der Waals surface area contributed by atoms with Gasteiger partial charge in [0.2, 0.25) is 0 Å². The van der Waals surface area contributed by atoms with Crippen molar-refractivity contribution in [2.75, 3.05) is 7.05 Å². The monoisotopic (exact) mass is 467 g/mol. The topological polar surface area (TPSA) is 54.3 Å². The zero-order valence-electron chi connectivity index (χ0n) is 20.9. The van der Waals surface area contributed by atoms with Gasteiger partial charge in [0.25, 0.3) is 11.5 Å². The fourth-order valence-electron chi connectivity index (χ4n) is 4.41. The summed E-state index contributed by atoms with van der Waals surface area (Å²) in [4.78, 5) is 30.0. The largest absolute Gasteiger partial charge is 0.345 e. The van der Waals surface area contributed by atoms with Gasteiger partial charge in [-0.2, -0.15) is 0 Å². The van der Waals surface area contributed by atoms with Crippen LogP contribution >= 0.6 is 0 Å². The maximum atomic E-state index is 14.0. The van der Waals surface area contributed by atoms with Crippen LogP contribution in [-0.2, 0) is 6.54 Å². The van der Waals surface area contributed by atoms with Gasteiger partial charge in [-0.25, -0.2) is 0 Å². The quantitative estimate of drug-likeness (QED) is 0.361. The van der Waals surface area contributed by atoms with Crippen molar-refractivity contribution < 1.29 is 4.79 Å². The van der Waals surface area contributed by atoms with Crippen LogP contribution in [0.2, 0.25) is 0 Å². The van der Waals surface area contributed by atoms with Crippen LogP contribution in [0.25, 0.3) is 16.5 Å². The molecule has 180 valence electrons. The molecule has 3 aromatic carbocycles. The molecule has 1 N–H and O–H groups in total. The fraction of sp³-hybridized carbons (Fsp3) is 0.267. The van der Waals surface area contributed by atoms with Crippen LogP contribution in [0.3, 0.4) is 0 Å². The van der Waals surface area contributed by atoms with E-state index < -0.39 is 0 Å². The number of benzene rings is 3. The second-order valence-electron chi connectivity index (χ2n) is 9.20. The Hall–Kier alpha value is -3.70. The van der Waals surface area contributed by atoms with Crippen molar-refractivity contribution in [3.63, 3.8) is 0 Å². The highest BCUT2D eigenvalue weighted by Crippen LogP contribution is 2.26. The van der Waals surface area contributed by atoms with E-state index in [1.54, 1.807) is 10.6 Å². The predicted molar refractivity (Wildman–Crippen MR) is 143 cm³/mol. The molecule has 0 aliphatic heterocycles. The molecular formula is C30H33N3O2. The Morgan fingerprint density at radius 2 is 1.46 bits per heavy atom. The number of para-hydroxylation sites is 1. The summed E-state index contributed by atoms with van der Waals surface area (Å²) in [6, 6.07) is 27.1. The number of rotatable bonds is 8. The number of carbonyl (C=O) groups excluding carboxylic acids is 1. The van der Waals surface area contributed by atoms with Crippen LogP contribution in [0.1, 0.15) is 54.8 Å². The number of hydrogen-bond acceptors (Lipinski definition) is 3. The van der Waals surface area contributed by atoms with E-state index in [2.05, 4.69) is 31.0 Å². The average Bonchev–Trinajstić information content (AvgIpc) is 2.88. The van der Waals surface area contributed by atoms with Gasteiger partial charge in [0, 0.05) is 29.0 Å². The SMILES string of the molecule is CC[C@H](NC(=O)c1c(CN(C)C(C)C)n(-c2ccccc2)c(=O)c2ccccc12)c1ccccc1. The Balaban J connectivity index is 1.96. The number of pyridine rings is 1. The summed E-state index contributed by atoms with van der Waals surface area (Å²) in [7, 11) is 2.01. The highest BCUT2D eigenvalue weighted by atomic mass is 16.2. The van der Waals surface area contributed by atoms with E-state index in [-0.39, 0.29) is 23.6 Å². The van der Waals surface area contributed by atoms with Gasteiger partial charge in [0.15, 0.2) is 0 Å². The second kappa shape index (κ2) is 10.7. The summed E-state index contributed by atoms with van der Waals surface area (Å²) in [6.45, 7) is 6.73. The fourth-order valence-corrected chi connectivity index (χ4v) is 4.41. The van der Waals surface area contributed by atoms with Crippen molar-refractivity contribution in [3.05, 3.63) is 112 Å². The molecule has 5 heteroatoms. The molecule has 1 amide bonds. The van der Waals surface area contributed by atoms with Crippen molar-refractivity contribution in [1.29, 1.82) is 0 Å². The third-order valence-electron chi connectivity index (χ3n) is 6.63. The number of aromatic nitrogens is 1. The van der Waals surface area contributed by atoms with Crippen LogP contribution in [0.5, 0.6) is 0 Å². The molecule has 35 heavy (non-hydrogen) atoms. The maximum absolute atomic E-state index is 14.0. The first-order chi connectivity index (χ1) is 16.9. The smallest absolute Gasteiger partial charge is 0.263 e. The molecule has 0 spiro atoms. The van der Waals surface area contributed by atoms with Crippen molar-refractivity contribution in [2.45, 2.75) is 45.8 Å². The summed E-state index contributed by atoms with van der Waals surface area (Å²) in [6.07, 6.45) is 0.757. The molecular weight excluding hydrogens is 434 g/mol. The van der Waals surface area contributed by atoms with E-state index >= 15 is 0 Å². The van der Waals surface area contributed by atoms with E-state index in [1.165, 1.54) is 0 Å². The highest BCUT2D eigenvalue weighted by Gasteiger charge is 2.25. The predicted octanol–water partition coefficient (Wildman–Crippen LogP) is 5.71. The molecule has 1 atom stereocenters. The number of nitrogens with one attached hydrogen (secondary N) is 1. The second-order valence-corrected chi connectivity index (χ2v) is 9.20. The first kappa shape index (κ1) is 24.4. The molecule has 4 aromatic rings. The van der Waals surface area contributed by atoms with Gasteiger partial charge < -0.3 is 5.32 Å². The van der Waals surface area contributed by atoms with Crippen molar-refractivity contribution >= 4 is 16.7 Å². The molecule has 1 aromatic heterocycles. The molecule has 0 saturated carbocycles. The van der Waals surface area contributed by atoms with E-state index in [1.807, 2.05) is 85.9 Å². The van der Waals surface area contributed by atoms with Crippen molar-refractivity contribution in [3.8, 4) is 5.69 Å². The van der Waals surface area contributed by atoms with E-state index in [9.17, 15) is 9.59 Å². The molecule has 0 unspecified atom stereocenters. The Kier molecular flexibility index (Phi) is 7.47. The molecule has 5 nitrogen and oxygen atoms in total. The molecule has 0 saturated heterocycles. The van der Waals surface area contributed by atoms with Gasteiger partial charge >= 0.3 is 0 Å². The van der Waals surface area contributed by atoms with Gasteiger partial charge in [-0.05, 0) is 51.1 Å². The normalized spacial score (nSPS) is 12.3. The molecule has 1 heterocycles. The van der Waals surface area contributed by atoms with Crippen molar-refractivity contribution in [1.82, 2.24) is 14.8 Å². The standard InChI is InChI=1S/C30H33N3O2/c1-5-26(22-14-8-6-9-15-22)31-29(34)28-24-18-12-13-19-25(24)30(35)33(23-16-10-7-11-17-23)27(28)20-32(4)21(2)3/h6-19,21,26H,5,20H2,1-4H3,(H,31,34)/t26-/m0/s1. The molecule has 0 radical (unpaired) electrons. The summed E-state index contributed by atoms with van der Waals surface area (Å²) in [5.74, 6) is -0.172. The average molecular weight is 468 g/mol. The number of hydrogen-bond donors (Lipinski definition) is 1. The lowest BCUT2D eigenvalue weighted by molar-refractivity contribution is 0.0934. The first-order valence-electron chi connectivity index (χ1n) is 12.2. The molecule has 4 rings (SSSR count). The first-order valence-corrected chi connectivity index (χ1v) is 12.2. The molecule has 0 bridgehead atoms. The number of carbonyl (C=O) groups is 1. The minimum Gasteiger partial charge on any atom is -0.345 e. The van der Waals surface area contributed by atoms with Gasteiger partial charge in [-0.1, -0.05) is 73.7 Å².